The smallest absolute Gasteiger partial charge is 0.255 e. The van der Waals surface area contributed by atoms with Crippen molar-refractivity contribution in [2.24, 2.45) is 0 Å². The fourth-order valence-electron chi connectivity index (χ4n) is 2.83. The molecule has 4 heteroatoms. The molecule has 2 aromatic carbocycles. The van der Waals surface area contributed by atoms with Crippen LogP contribution in [-0.2, 0) is 0 Å². The highest BCUT2D eigenvalue weighted by atomic mass is 35.5. The van der Waals surface area contributed by atoms with Gasteiger partial charge in [0, 0.05) is 19.6 Å². The van der Waals surface area contributed by atoms with Crippen LogP contribution in [0, 0.1) is 0 Å². The molecular formula is C18H19ClN2O. The zero-order valence-electron chi connectivity index (χ0n) is 12.6. The van der Waals surface area contributed by atoms with Gasteiger partial charge in [0.05, 0.1) is 10.6 Å². The molecule has 0 aliphatic carbocycles. The highest BCUT2D eigenvalue weighted by Gasteiger charge is 2.25. The quantitative estimate of drug-likeness (QED) is 0.941. The van der Waals surface area contributed by atoms with Crippen molar-refractivity contribution in [3.05, 3.63) is 59.1 Å². The third-order valence-corrected chi connectivity index (χ3v) is 4.54. The number of nitrogens with one attached hydrogen (secondary N) is 1. The maximum Gasteiger partial charge on any atom is 0.255 e. The molecule has 3 nitrogen and oxygen atoms in total. The highest BCUT2D eigenvalue weighted by molar-refractivity contribution is 6.34. The van der Waals surface area contributed by atoms with Gasteiger partial charge in [0.25, 0.3) is 5.91 Å². The molecule has 0 radical (unpaired) electrons. The van der Waals surface area contributed by atoms with E-state index in [0.29, 0.717) is 10.6 Å². The molecule has 1 amide bonds. The van der Waals surface area contributed by atoms with Crippen molar-refractivity contribution in [1.29, 1.82) is 0 Å². The molecule has 114 valence electrons. The van der Waals surface area contributed by atoms with E-state index in [-0.39, 0.29) is 11.9 Å². The number of carbonyl (C=O) groups is 1. The SMILES string of the molecule is CN(C(=O)c1cc(-c2ccccc2)ccc1Cl)C1CCNC1. The van der Waals surface area contributed by atoms with E-state index in [0.717, 1.165) is 30.6 Å². The second kappa shape index (κ2) is 6.51. The van der Waals surface area contributed by atoms with Crippen molar-refractivity contribution in [2.75, 3.05) is 20.1 Å². The molecule has 1 fully saturated rings. The van der Waals surface area contributed by atoms with Crippen LogP contribution in [0.25, 0.3) is 11.1 Å². The molecule has 1 saturated heterocycles. The van der Waals surface area contributed by atoms with E-state index in [9.17, 15) is 4.79 Å². The number of likely N-dealkylation sites (N-methyl/N-ethyl adjacent to an activating group) is 1. The van der Waals surface area contributed by atoms with Crippen LogP contribution >= 0.6 is 11.6 Å². The lowest BCUT2D eigenvalue weighted by Gasteiger charge is -2.24. The van der Waals surface area contributed by atoms with Gasteiger partial charge in [-0.1, -0.05) is 48.0 Å². The number of hydrogen-bond acceptors (Lipinski definition) is 2. The molecule has 22 heavy (non-hydrogen) atoms. The molecule has 0 spiro atoms. The largest absolute Gasteiger partial charge is 0.337 e. The molecule has 1 aliphatic rings. The van der Waals surface area contributed by atoms with Gasteiger partial charge in [-0.15, -0.1) is 0 Å². The number of nitrogens with zero attached hydrogens (tertiary/aromatic N) is 1. The number of rotatable bonds is 3. The minimum absolute atomic E-state index is 0.0171. The van der Waals surface area contributed by atoms with Crippen LogP contribution < -0.4 is 5.32 Å². The summed E-state index contributed by atoms with van der Waals surface area (Å²) in [6.45, 7) is 1.80. The third kappa shape index (κ3) is 3.01. The molecule has 1 atom stereocenters. The van der Waals surface area contributed by atoms with Crippen LogP contribution in [0.5, 0.6) is 0 Å². The zero-order valence-corrected chi connectivity index (χ0v) is 13.3. The average Bonchev–Trinajstić information content (AvgIpc) is 3.09. The molecule has 0 aromatic heterocycles. The van der Waals surface area contributed by atoms with Crippen LogP contribution in [0.4, 0.5) is 0 Å². The Balaban J connectivity index is 1.91. The Kier molecular flexibility index (Phi) is 4.46. The standard InChI is InChI=1S/C18H19ClN2O/c1-21(15-9-10-20-12-15)18(22)16-11-14(7-8-17(16)19)13-5-3-2-4-6-13/h2-8,11,15,20H,9-10,12H2,1H3. The van der Waals surface area contributed by atoms with Crippen LogP contribution in [0.2, 0.25) is 5.02 Å². The molecule has 1 aliphatic heterocycles. The van der Waals surface area contributed by atoms with Gasteiger partial charge in [-0.3, -0.25) is 4.79 Å². The van der Waals surface area contributed by atoms with Crippen LogP contribution in [-0.4, -0.2) is 37.0 Å². The van der Waals surface area contributed by atoms with E-state index >= 15 is 0 Å². The minimum Gasteiger partial charge on any atom is -0.337 e. The summed E-state index contributed by atoms with van der Waals surface area (Å²) in [6, 6.07) is 15.9. The fraction of sp³-hybridized carbons (Fsp3) is 0.278. The Labute approximate surface area is 135 Å². The first-order valence-corrected chi connectivity index (χ1v) is 7.87. The van der Waals surface area contributed by atoms with Gasteiger partial charge >= 0.3 is 0 Å². The Bertz CT molecular complexity index is 666. The molecule has 1 N–H and O–H groups in total. The number of benzene rings is 2. The summed E-state index contributed by atoms with van der Waals surface area (Å²) in [6.07, 6.45) is 0.984. The van der Waals surface area contributed by atoms with Gasteiger partial charge in [-0.25, -0.2) is 0 Å². The van der Waals surface area contributed by atoms with Crippen molar-refractivity contribution >= 4 is 17.5 Å². The maximum absolute atomic E-state index is 12.7. The van der Waals surface area contributed by atoms with Crippen molar-refractivity contribution < 1.29 is 4.79 Å². The third-order valence-electron chi connectivity index (χ3n) is 4.21. The molecule has 1 heterocycles. The Morgan fingerprint density at radius 3 is 2.64 bits per heavy atom. The number of hydrogen-bond donors (Lipinski definition) is 1. The lowest BCUT2D eigenvalue weighted by molar-refractivity contribution is 0.0744. The van der Waals surface area contributed by atoms with E-state index in [1.54, 1.807) is 11.0 Å². The number of amides is 1. The van der Waals surface area contributed by atoms with E-state index in [1.165, 1.54) is 0 Å². The number of carbonyl (C=O) groups excluding carboxylic acids is 1. The number of halogens is 1. The molecule has 3 rings (SSSR count). The van der Waals surface area contributed by atoms with E-state index in [4.69, 9.17) is 11.6 Å². The lowest BCUT2D eigenvalue weighted by atomic mass is 10.0. The first-order chi connectivity index (χ1) is 10.7. The summed E-state index contributed by atoms with van der Waals surface area (Å²) in [4.78, 5) is 14.6. The summed E-state index contributed by atoms with van der Waals surface area (Å²) in [7, 11) is 1.85. The Hall–Kier alpha value is -1.84. The topological polar surface area (TPSA) is 32.3 Å². The first kappa shape index (κ1) is 15.1. The normalized spacial score (nSPS) is 17.5. The van der Waals surface area contributed by atoms with E-state index in [2.05, 4.69) is 5.32 Å². The summed E-state index contributed by atoms with van der Waals surface area (Å²) in [5, 5.41) is 3.79. The molecule has 2 aromatic rings. The van der Waals surface area contributed by atoms with Crippen LogP contribution in [0.3, 0.4) is 0 Å². The van der Waals surface area contributed by atoms with Gasteiger partial charge in [0.2, 0.25) is 0 Å². The van der Waals surface area contributed by atoms with Crippen LogP contribution in [0.1, 0.15) is 16.8 Å². The molecule has 1 unspecified atom stereocenters. The van der Waals surface area contributed by atoms with Gasteiger partial charge in [-0.2, -0.15) is 0 Å². The van der Waals surface area contributed by atoms with Crippen molar-refractivity contribution in [2.45, 2.75) is 12.5 Å². The maximum atomic E-state index is 12.7. The summed E-state index contributed by atoms with van der Waals surface area (Å²) >= 11 is 6.27. The highest BCUT2D eigenvalue weighted by Crippen LogP contribution is 2.26. The molecule has 0 saturated carbocycles. The summed E-state index contributed by atoms with van der Waals surface area (Å²) < 4.78 is 0. The van der Waals surface area contributed by atoms with Crippen LogP contribution in [0.15, 0.2) is 48.5 Å². The summed E-state index contributed by atoms with van der Waals surface area (Å²) in [5.41, 5.74) is 2.65. The van der Waals surface area contributed by atoms with Gasteiger partial charge in [0.15, 0.2) is 0 Å². The average molecular weight is 315 g/mol. The van der Waals surface area contributed by atoms with Gasteiger partial charge in [-0.05, 0) is 36.2 Å². The second-order valence-electron chi connectivity index (χ2n) is 5.62. The minimum atomic E-state index is -0.0171. The van der Waals surface area contributed by atoms with Gasteiger partial charge in [0.1, 0.15) is 0 Å². The Morgan fingerprint density at radius 1 is 1.18 bits per heavy atom. The van der Waals surface area contributed by atoms with Crippen molar-refractivity contribution in [3.8, 4) is 11.1 Å². The lowest BCUT2D eigenvalue weighted by Crippen LogP contribution is -2.38. The molecule has 0 bridgehead atoms. The summed E-state index contributed by atoms with van der Waals surface area (Å²) in [5.74, 6) is -0.0171. The van der Waals surface area contributed by atoms with Gasteiger partial charge < -0.3 is 10.2 Å². The molecular weight excluding hydrogens is 296 g/mol. The van der Waals surface area contributed by atoms with Crippen molar-refractivity contribution in [3.63, 3.8) is 0 Å². The van der Waals surface area contributed by atoms with Crippen molar-refractivity contribution in [1.82, 2.24) is 10.2 Å². The fourth-order valence-corrected chi connectivity index (χ4v) is 3.02. The van der Waals surface area contributed by atoms with E-state index < -0.39 is 0 Å². The second-order valence-corrected chi connectivity index (χ2v) is 6.03. The predicted octanol–water partition coefficient (Wildman–Crippen LogP) is 3.44. The Morgan fingerprint density at radius 2 is 1.95 bits per heavy atom. The zero-order chi connectivity index (χ0) is 15.5. The predicted molar refractivity (Wildman–Crippen MR) is 90.3 cm³/mol. The van der Waals surface area contributed by atoms with E-state index in [1.807, 2.05) is 49.5 Å². The first-order valence-electron chi connectivity index (χ1n) is 7.49. The monoisotopic (exact) mass is 314 g/mol.